The predicted molar refractivity (Wildman–Crippen MR) is 154 cm³/mol. The van der Waals surface area contributed by atoms with Gasteiger partial charge in [-0.25, -0.2) is 8.42 Å². The number of anilines is 1. The van der Waals surface area contributed by atoms with Crippen molar-refractivity contribution in [3.05, 3.63) is 34.2 Å². The minimum absolute atomic E-state index is 0.0830. The molecule has 2 amide bonds. The lowest BCUT2D eigenvalue weighted by Crippen LogP contribution is -2.50. The third-order valence-electron chi connectivity index (χ3n) is 8.51. The van der Waals surface area contributed by atoms with Crippen LogP contribution in [0.15, 0.2) is 22.5 Å². The van der Waals surface area contributed by atoms with E-state index in [9.17, 15) is 18.0 Å². The lowest BCUT2D eigenvalue weighted by Gasteiger charge is -2.34. The SMILES string of the molecule is COCCN(C(C)=O)c1cc(C)c(C=CS(=O)(=O)N2CCC3(CC2)N=C(C2CCC(C)CC2)NC3=O)c(C)c1. The van der Waals surface area contributed by atoms with Crippen LogP contribution in [0.1, 0.15) is 69.1 Å². The first-order chi connectivity index (χ1) is 18.5. The number of methoxy groups -OCH3 is 1. The minimum Gasteiger partial charge on any atom is -0.383 e. The number of amides is 2. The first-order valence-electron chi connectivity index (χ1n) is 13.9. The highest BCUT2D eigenvalue weighted by Gasteiger charge is 2.48. The number of nitrogens with zero attached hydrogens (tertiary/aromatic N) is 3. The molecule has 39 heavy (non-hydrogen) atoms. The van der Waals surface area contributed by atoms with E-state index in [0.29, 0.717) is 31.9 Å². The smallest absolute Gasteiger partial charge is 0.253 e. The average molecular weight is 559 g/mol. The van der Waals surface area contributed by atoms with Gasteiger partial charge in [-0.15, -0.1) is 0 Å². The molecule has 1 N–H and O–H groups in total. The van der Waals surface area contributed by atoms with Crippen LogP contribution >= 0.6 is 0 Å². The maximum Gasteiger partial charge on any atom is 0.253 e. The molecule has 1 aromatic carbocycles. The second kappa shape index (κ2) is 11.9. The van der Waals surface area contributed by atoms with Gasteiger partial charge in [-0.3, -0.25) is 14.6 Å². The van der Waals surface area contributed by atoms with Gasteiger partial charge in [0.25, 0.3) is 5.91 Å². The number of aryl methyl sites for hydroxylation is 2. The summed E-state index contributed by atoms with van der Waals surface area (Å²) in [5.74, 6) is 1.66. The van der Waals surface area contributed by atoms with E-state index in [2.05, 4.69) is 12.2 Å². The Morgan fingerprint density at radius 2 is 1.79 bits per heavy atom. The fourth-order valence-corrected chi connectivity index (χ4v) is 7.15. The number of aliphatic imine (C=N–C) groups is 1. The largest absolute Gasteiger partial charge is 0.383 e. The van der Waals surface area contributed by atoms with Gasteiger partial charge in [-0.1, -0.05) is 19.8 Å². The molecular formula is C29H42N4O5S. The summed E-state index contributed by atoms with van der Waals surface area (Å²) >= 11 is 0. The van der Waals surface area contributed by atoms with Gasteiger partial charge in [0.15, 0.2) is 0 Å². The zero-order chi connectivity index (χ0) is 28.4. The van der Waals surface area contributed by atoms with Crippen LogP contribution in [0.5, 0.6) is 0 Å². The van der Waals surface area contributed by atoms with Crippen LogP contribution in [-0.4, -0.2) is 69.3 Å². The molecule has 1 saturated heterocycles. The number of hydrogen-bond donors (Lipinski definition) is 1. The van der Waals surface area contributed by atoms with Gasteiger partial charge in [-0.05, 0) is 80.3 Å². The summed E-state index contributed by atoms with van der Waals surface area (Å²) in [6.45, 7) is 8.96. The molecule has 3 aliphatic rings. The molecule has 0 aromatic heterocycles. The standard InChI is InChI=1S/C29H42N4O5S/c1-20-6-8-24(9-7-20)27-30-28(35)29(31-27)11-13-32(14-12-29)39(36,37)17-10-26-21(2)18-25(19-22(26)3)33(23(4)34)15-16-38-5/h10,17-20,24H,6-9,11-16H2,1-5H3,(H,30,31,35). The maximum atomic E-state index is 13.2. The molecule has 214 valence electrons. The Labute approximate surface area is 232 Å². The van der Waals surface area contributed by atoms with Crippen molar-refractivity contribution in [1.29, 1.82) is 0 Å². The Kier molecular flexibility index (Phi) is 8.98. The van der Waals surface area contributed by atoms with Crippen molar-refractivity contribution < 1.29 is 22.7 Å². The van der Waals surface area contributed by atoms with Crippen molar-refractivity contribution in [3.63, 3.8) is 0 Å². The van der Waals surface area contributed by atoms with E-state index in [-0.39, 0.29) is 24.9 Å². The quantitative estimate of drug-likeness (QED) is 0.522. The van der Waals surface area contributed by atoms with E-state index in [1.165, 1.54) is 16.6 Å². The van der Waals surface area contributed by atoms with Gasteiger partial charge in [-0.2, -0.15) is 4.31 Å². The molecule has 9 nitrogen and oxygen atoms in total. The molecule has 2 aliphatic heterocycles. The van der Waals surface area contributed by atoms with Gasteiger partial charge in [0.2, 0.25) is 15.9 Å². The highest BCUT2D eigenvalue weighted by atomic mass is 32.2. The van der Waals surface area contributed by atoms with E-state index in [4.69, 9.17) is 9.73 Å². The number of nitrogens with one attached hydrogen (secondary N) is 1. The Morgan fingerprint density at radius 3 is 2.36 bits per heavy atom. The number of rotatable bonds is 8. The molecule has 0 atom stereocenters. The molecule has 0 radical (unpaired) electrons. The molecule has 2 heterocycles. The monoisotopic (exact) mass is 558 g/mol. The fourth-order valence-electron chi connectivity index (χ4n) is 5.98. The highest BCUT2D eigenvalue weighted by molar-refractivity contribution is 7.92. The third kappa shape index (κ3) is 6.44. The van der Waals surface area contributed by atoms with Crippen molar-refractivity contribution in [1.82, 2.24) is 9.62 Å². The van der Waals surface area contributed by atoms with E-state index >= 15 is 0 Å². The van der Waals surface area contributed by atoms with E-state index < -0.39 is 15.6 Å². The number of amidine groups is 1. The molecule has 10 heteroatoms. The molecule has 4 rings (SSSR count). The van der Waals surface area contributed by atoms with Crippen molar-refractivity contribution in [2.75, 3.05) is 38.3 Å². The predicted octanol–water partition coefficient (Wildman–Crippen LogP) is 3.79. The van der Waals surface area contributed by atoms with Crippen molar-refractivity contribution in [3.8, 4) is 0 Å². The van der Waals surface area contributed by atoms with Gasteiger partial charge < -0.3 is 15.0 Å². The van der Waals surface area contributed by atoms with Crippen molar-refractivity contribution >= 4 is 39.4 Å². The number of benzene rings is 1. The number of ether oxygens (including phenoxy) is 1. The Balaban J connectivity index is 1.44. The summed E-state index contributed by atoms with van der Waals surface area (Å²) in [4.78, 5) is 31.6. The molecule has 1 saturated carbocycles. The van der Waals surface area contributed by atoms with Crippen LogP contribution in [-0.2, 0) is 24.3 Å². The number of hydrogen-bond acceptors (Lipinski definition) is 6. The first kappa shape index (κ1) is 29.4. The number of sulfonamides is 1. The van der Waals surface area contributed by atoms with E-state index in [1.54, 1.807) is 18.1 Å². The summed E-state index contributed by atoms with van der Waals surface area (Å²) in [5, 5.41) is 4.29. The summed E-state index contributed by atoms with van der Waals surface area (Å²) in [6, 6.07) is 3.78. The second-order valence-corrected chi connectivity index (χ2v) is 13.2. The van der Waals surface area contributed by atoms with Crippen LogP contribution < -0.4 is 10.2 Å². The molecule has 1 aromatic rings. The van der Waals surface area contributed by atoms with Crippen molar-refractivity contribution in [2.45, 2.75) is 71.8 Å². The summed E-state index contributed by atoms with van der Waals surface area (Å²) < 4.78 is 33.0. The second-order valence-electron chi connectivity index (χ2n) is 11.3. The third-order valence-corrected chi connectivity index (χ3v) is 10.1. The molecular weight excluding hydrogens is 516 g/mol. The lowest BCUT2D eigenvalue weighted by atomic mass is 9.82. The van der Waals surface area contributed by atoms with Crippen LogP contribution in [0.3, 0.4) is 0 Å². The van der Waals surface area contributed by atoms with E-state index in [1.807, 2.05) is 26.0 Å². The van der Waals surface area contributed by atoms with Gasteiger partial charge in [0.1, 0.15) is 11.4 Å². The van der Waals surface area contributed by atoms with Gasteiger partial charge in [0.05, 0.1) is 6.61 Å². The number of carbonyl (C=O) groups excluding carboxylic acids is 2. The van der Waals surface area contributed by atoms with Crippen LogP contribution in [0.4, 0.5) is 5.69 Å². The van der Waals surface area contributed by atoms with Crippen molar-refractivity contribution in [2.24, 2.45) is 16.8 Å². The first-order valence-corrected chi connectivity index (χ1v) is 15.4. The van der Waals surface area contributed by atoms with Crippen LogP contribution in [0.25, 0.3) is 6.08 Å². The van der Waals surface area contributed by atoms with Gasteiger partial charge in [0, 0.05) is 50.7 Å². The molecule has 0 unspecified atom stereocenters. The van der Waals surface area contributed by atoms with Crippen LogP contribution in [0.2, 0.25) is 0 Å². The lowest BCUT2D eigenvalue weighted by molar-refractivity contribution is -0.125. The van der Waals surface area contributed by atoms with Crippen LogP contribution in [0, 0.1) is 25.7 Å². The zero-order valence-electron chi connectivity index (χ0n) is 23.8. The maximum absolute atomic E-state index is 13.2. The number of piperidine rings is 1. The van der Waals surface area contributed by atoms with Gasteiger partial charge >= 0.3 is 0 Å². The Bertz CT molecular complexity index is 1230. The highest BCUT2D eigenvalue weighted by Crippen LogP contribution is 2.36. The Hall–Kier alpha value is -2.56. The minimum atomic E-state index is -3.68. The summed E-state index contributed by atoms with van der Waals surface area (Å²) in [7, 11) is -2.09. The normalized spacial score (nSPS) is 23.7. The number of carbonyl (C=O) groups is 2. The Morgan fingerprint density at radius 1 is 1.18 bits per heavy atom. The molecule has 2 fully saturated rings. The van der Waals surface area contributed by atoms with E-state index in [0.717, 1.165) is 59.8 Å². The fraction of sp³-hybridized carbons (Fsp3) is 0.621. The topological polar surface area (TPSA) is 108 Å². The molecule has 0 bridgehead atoms. The molecule has 1 spiro atoms. The summed E-state index contributed by atoms with van der Waals surface area (Å²) in [5.41, 5.74) is 2.46. The molecule has 1 aliphatic carbocycles. The average Bonchev–Trinajstić information content (AvgIpc) is 3.19. The zero-order valence-corrected chi connectivity index (χ0v) is 24.6. The summed E-state index contributed by atoms with van der Waals surface area (Å²) in [6.07, 6.45) is 6.78.